The normalized spacial score (nSPS) is 22.8. The van der Waals surface area contributed by atoms with Crippen molar-refractivity contribution in [2.24, 2.45) is 0 Å². The van der Waals surface area contributed by atoms with Crippen LogP contribution in [-0.4, -0.2) is 11.4 Å². The molecule has 0 amide bonds. The van der Waals surface area contributed by atoms with Gasteiger partial charge in [-0.05, 0) is 23.5 Å². The fourth-order valence-corrected chi connectivity index (χ4v) is 5.86. The Morgan fingerprint density at radius 1 is 0.895 bits per heavy atom. The molecule has 98 valence electrons. The third-order valence-electron chi connectivity index (χ3n) is 3.32. The lowest BCUT2D eigenvalue weighted by molar-refractivity contribution is 0.141. The zero-order chi connectivity index (χ0) is 13.1. The molecule has 1 atom stereocenters. The van der Waals surface area contributed by atoms with Crippen LogP contribution in [0.15, 0.2) is 60.7 Å². The molecule has 0 radical (unpaired) electrons. The van der Waals surface area contributed by atoms with Gasteiger partial charge in [0.15, 0.2) is 4.80 Å². The van der Waals surface area contributed by atoms with E-state index < -0.39 is 12.7 Å². The van der Waals surface area contributed by atoms with Crippen LogP contribution in [0.3, 0.4) is 0 Å². The van der Waals surface area contributed by atoms with Crippen molar-refractivity contribution in [1.29, 1.82) is 0 Å². The van der Waals surface area contributed by atoms with Crippen LogP contribution >= 0.6 is 19.5 Å². The summed E-state index contributed by atoms with van der Waals surface area (Å²) in [6.45, 7) is 0.766. The molecule has 1 saturated heterocycles. The van der Waals surface area contributed by atoms with Gasteiger partial charge in [0.1, 0.15) is 0 Å². The highest BCUT2D eigenvalue weighted by molar-refractivity contribution is 7.75. The topological polar surface area (TPSA) is 9.23 Å². The monoisotopic (exact) mass is 290 g/mol. The average Bonchev–Trinajstić information content (AvgIpc) is 2.89. The van der Waals surface area contributed by atoms with Crippen molar-refractivity contribution in [2.45, 2.75) is 17.6 Å². The van der Waals surface area contributed by atoms with Crippen molar-refractivity contribution in [3.63, 3.8) is 0 Å². The summed E-state index contributed by atoms with van der Waals surface area (Å²) in [6.07, 6.45) is 1.96. The first-order valence-electron chi connectivity index (χ1n) is 6.53. The van der Waals surface area contributed by atoms with Crippen LogP contribution in [0.2, 0.25) is 0 Å². The van der Waals surface area contributed by atoms with E-state index in [1.54, 1.807) is 0 Å². The minimum atomic E-state index is -0.691. The number of benzene rings is 2. The molecule has 1 heterocycles. The van der Waals surface area contributed by atoms with E-state index in [2.05, 4.69) is 48.5 Å². The van der Waals surface area contributed by atoms with Gasteiger partial charge >= 0.3 is 0 Å². The minimum Gasteiger partial charge on any atom is -0.355 e. The Labute approximate surface area is 120 Å². The third kappa shape index (κ3) is 2.69. The minimum absolute atomic E-state index is 0.544. The van der Waals surface area contributed by atoms with Gasteiger partial charge in [0.25, 0.3) is 0 Å². The summed E-state index contributed by atoms with van der Waals surface area (Å²) in [4.78, 5) is -0.544. The molecule has 0 spiro atoms. The van der Waals surface area contributed by atoms with Gasteiger partial charge in [0.2, 0.25) is 0 Å². The number of ether oxygens (including phenoxy) is 1. The highest BCUT2D eigenvalue weighted by Crippen LogP contribution is 2.56. The van der Waals surface area contributed by atoms with Crippen molar-refractivity contribution < 1.29 is 4.74 Å². The highest BCUT2D eigenvalue weighted by Gasteiger charge is 2.42. The summed E-state index contributed by atoms with van der Waals surface area (Å²) in [5.74, 6) is 0. The summed E-state index contributed by atoms with van der Waals surface area (Å²) in [7, 11) is -0.691. The van der Waals surface area contributed by atoms with E-state index in [0.29, 0.717) is 0 Å². The first kappa shape index (κ1) is 13.1. The second kappa shape index (κ2) is 5.63. The summed E-state index contributed by atoms with van der Waals surface area (Å²) >= 11 is 6.81. The zero-order valence-corrected chi connectivity index (χ0v) is 12.3. The second-order valence-electron chi connectivity index (χ2n) is 4.65. The molecule has 2 aromatic carbocycles. The highest BCUT2D eigenvalue weighted by atomic mass is 35.5. The molecule has 1 aliphatic rings. The molecule has 0 aliphatic carbocycles. The first-order chi connectivity index (χ1) is 9.30. The Kier molecular flexibility index (Phi) is 3.88. The van der Waals surface area contributed by atoms with E-state index in [9.17, 15) is 0 Å². The smallest absolute Gasteiger partial charge is 0.168 e. The van der Waals surface area contributed by atoms with E-state index in [-0.39, 0.29) is 0 Å². The van der Waals surface area contributed by atoms with Crippen LogP contribution in [0.5, 0.6) is 0 Å². The Morgan fingerprint density at radius 2 is 1.42 bits per heavy atom. The van der Waals surface area contributed by atoms with Crippen LogP contribution in [0, 0.1) is 0 Å². The zero-order valence-electron chi connectivity index (χ0n) is 10.6. The Bertz CT molecular complexity index is 483. The molecule has 0 saturated carbocycles. The number of hydrogen-bond acceptors (Lipinski definition) is 1. The molecule has 0 bridgehead atoms. The van der Waals surface area contributed by atoms with Crippen LogP contribution in [0.25, 0.3) is 0 Å². The molecule has 2 aromatic rings. The molecule has 3 heteroatoms. The molecule has 1 nitrogen and oxygen atoms in total. The van der Waals surface area contributed by atoms with Crippen LogP contribution in [-0.2, 0) is 4.74 Å². The van der Waals surface area contributed by atoms with Crippen LogP contribution in [0.1, 0.15) is 12.8 Å². The SMILES string of the molecule is ClC1(P(c2ccccc2)c2ccccc2)CCCO1. The number of alkyl halides is 1. The van der Waals surface area contributed by atoms with Crippen LogP contribution < -0.4 is 10.6 Å². The van der Waals surface area contributed by atoms with E-state index in [4.69, 9.17) is 16.3 Å². The Hall–Kier alpha value is -0.880. The number of rotatable bonds is 3. The standard InChI is InChI=1S/C16H16ClOP/c17-16(12-7-13-18-16)19(14-8-3-1-4-9-14)15-10-5-2-6-11-15/h1-6,8-11H,7,12-13H2. The lowest BCUT2D eigenvalue weighted by Gasteiger charge is -2.32. The lowest BCUT2D eigenvalue weighted by Crippen LogP contribution is -2.29. The first-order valence-corrected chi connectivity index (χ1v) is 8.25. The Morgan fingerprint density at radius 3 is 1.84 bits per heavy atom. The average molecular weight is 291 g/mol. The molecular weight excluding hydrogens is 275 g/mol. The van der Waals surface area contributed by atoms with E-state index in [0.717, 1.165) is 19.4 Å². The predicted octanol–water partition coefficient (Wildman–Crippen LogP) is 3.82. The van der Waals surface area contributed by atoms with Crippen molar-refractivity contribution in [3.05, 3.63) is 60.7 Å². The van der Waals surface area contributed by atoms with Crippen molar-refractivity contribution in [1.82, 2.24) is 0 Å². The molecule has 0 aromatic heterocycles. The maximum atomic E-state index is 6.81. The molecule has 0 N–H and O–H groups in total. The van der Waals surface area contributed by atoms with Crippen LogP contribution in [0.4, 0.5) is 0 Å². The van der Waals surface area contributed by atoms with Gasteiger partial charge < -0.3 is 4.74 Å². The quantitative estimate of drug-likeness (QED) is 0.617. The van der Waals surface area contributed by atoms with Gasteiger partial charge in [-0.15, -0.1) is 0 Å². The van der Waals surface area contributed by atoms with Gasteiger partial charge in [-0.25, -0.2) is 0 Å². The molecule has 3 rings (SSSR count). The van der Waals surface area contributed by atoms with Gasteiger partial charge in [-0.3, -0.25) is 0 Å². The second-order valence-corrected chi connectivity index (χ2v) is 7.95. The lowest BCUT2D eigenvalue weighted by atomic mass is 10.4. The summed E-state index contributed by atoms with van der Waals surface area (Å²) in [6, 6.07) is 21.0. The fraction of sp³-hybridized carbons (Fsp3) is 0.250. The number of hydrogen-bond donors (Lipinski definition) is 0. The summed E-state index contributed by atoms with van der Waals surface area (Å²) < 4.78 is 5.91. The van der Waals surface area contributed by atoms with E-state index >= 15 is 0 Å². The van der Waals surface area contributed by atoms with Crippen molar-refractivity contribution in [3.8, 4) is 0 Å². The summed E-state index contributed by atoms with van der Waals surface area (Å²) in [5.41, 5.74) is 0. The third-order valence-corrected chi connectivity index (χ3v) is 6.77. The van der Waals surface area contributed by atoms with Gasteiger partial charge in [-0.2, -0.15) is 0 Å². The maximum Gasteiger partial charge on any atom is 0.168 e. The largest absolute Gasteiger partial charge is 0.355 e. The fourth-order valence-electron chi connectivity index (χ4n) is 2.46. The molecule has 19 heavy (non-hydrogen) atoms. The van der Waals surface area contributed by atoms with Gasteiger partial charge in [0.05, 0.1) is 0 Å². The van der Waals surface area contributed by atoms with E-state index in [1.807, 2.05) is 12.1 Å². The molecule has 1 aliphatic heterocycles. The van der Waals surface area contributed by atoms with Crippen molar-refractivity contribution >= 4 is 30.1 Å². The van der Waals surface area contributed by atoms with Gasteiger partial charge in [0, 0.05) is 14.5 Å². The van der Waals surface area contributed by atoms with Crippen molar-refractivity contribution in [2.75, 3.05) is 6.61 Å². The maximum absolute atomic E-state index is 6.81. The predicted molar refractivity (Wildman–Crippen MR) is 82.8 cm³/mol. The Balaban J connectivity index is 2.06. The summed E-state index contributed by atoms with van der Waals surface area (Å²) in [5, 5.41) is 2.56. The van der Waals surface area contributed by atoms with Gasteiger partial charge in [-0.1, -0.05) is 72.3 Å². The number of halogens is 1. The molecular formula is C16H16ClOP. The van der Waals surface area contributed by atoms with E-state index in [1.165, 1.54) is 10.6 Å². The molecule has 1 unspecified atom stereocenters. The molecule has 1 fully saturated rings.